The Balaban J connectivity index is 0.00000144. The third-order valence-corrected chi connectivity index (χ3v) is 2.43. The summed E-state index contributed by atoms with van der Waals surface area (Å²) < 4.78 is 30.2. The van der Waals surface area contributed by atoms with E-state index in [0.29, 0.717) is 5.56 Å². The molecule has 1 aromatic rings. The number of hydrogen-bond acceptors (Lipinski definition) is 2. The highest BCUT2D eigenvalue weighted by Gasteiger charge is 2.05. The quantitative estimate of drug-likeness (QED) is 0.849. The molecule has 13 heavy (non-hydrogen) atoms. The average molecular weight is 288 g/mol. The Labute approximate surface area is 91.4 Å². The van der Waals surface area contributed by atoms with Gasteiger partial charge < -0.3 is 0 Å². The van der Waals surface area contributed by atoms with E-state index in [0.717, 1.165) is 4.47 Å². The van der Waals surface area contributed by atoms with Crippen LogP contribution in [0.15, 0.2) is 28.7 Å². The lowest BCUT2D eigenvalue weighted by Crippen LogP contribution is -2.00. The van der Waals surface area contributed by atoms with E-state index in [9.17, 15) is 8.42 Å². The molecule has 0 amide bonds. The second-order valence-corrected chi connectivity index (χ2v) is 4.72. The van der Waals surface area contributed by atoms with Crippen molar-refractivity contribution in [3.8, 4) is 0 Å². The normalized spacial score (nSPS) is 10.6. The third-order valence-electron chi connectivity index (χ3n) is 1.24. The number of halogens is 2. The van der Waals surface area contributed by atoms with Crippen LogP contribution in [0.1, 0.15) is 5.56 Å². The molecular formula is C7H8BrClO3S. The molecule has 0 aliphatic carbocycles. The molecule has 74 valence electrons. The molecule has 6 heteroatoms. The SMILES string of the molecule is Cl.O=S(=O)(O)Cc1cccc(Br)c1. The minimum atomic E-state index is -3.91. The zero-order chi connectivity index (χ0) is 9.19. The van der Waals surface area contributed by atoms with Gasteiger partial charge in [-0.15, -0.1) is 12.4 Å². The summed E-state index contributed by atoms with van der Waals surface area (Å²) in [5, 5.41) is 0. The molecule has 0 fully saturated rings. The predicted molar refractivity (Wildman–Crippen MR) is 56.6 cm³/mol. The molecule has 0 saturated heterocycles. The van der Waals surface area contributed by atoms with Gasteiger partial charge in [0, 0.05) is 4.47 Å². The van der Waals surface area contributed by atoms with Crippen LogP contribution < -0.4 is 0 Å². The summed E-state index contributed by atoms with van der Waals surface area (Å²) in [5.41, 5.74) is 0.562. The van der Waals surface area contributed by atoms with Crippen LogP contribution in [0.3, 0.4) is 0 Å². The molecule has 0 aromatic heterocycles. The maximum absolute atomic E-state index is 10.5. The van der Waals surface area contributed by atoms with Gasteiger partial charge in [0.2, 0.25) is 0 Å². The van der Waals surface area contributed by atoms with E-state index in [-0.39, 0.29) is 18.2 Å². The van der Waals surface area contributed by atoms with Crippen molar-refractivity contribution < 1.29 is 13.0 Å². The maximum atomic E-state index is 10.5. The molecule has 0 aliphatic heterocycles. The van der Waals surface area contributed by atoms with Gasteiger partial charge in [-0.3, -0.25) is 4.55 Å². The number of rotatable bonds is 2. The molecule has 1 aromatic carbocycles. The van der Waals surface area contributed by atoms with Gasteiger partial charge in [-0.25, -0.2) is 0 Å². The van der Waals surface area contributed by atoms with E-state index in [1.54, 1.807) is 24.3 Å². The summed E-state index contributed by atoms with van der Waals surface area (Å²) in [6.45, 7) is 0. The lowest BCUT2D eigenvalue weighted by molar-refractivity contribution is 0.482. The summed E-state index contributed by atoms with van der Waals surface area (Å²) in [4.78, 5) is 0. The molecular weight excluding hydrogens is 279 g/mol. The second kappa shape index (κ2) is 4.95. The van der Waals surface area contributed by atoms with Crippen molar-refractivity contribution in [2.45, 2.75) is 5.75 Å². The van der Waals surface area contributed by atoms with Crippen molar-refractivity contribution in [1.82, 2.24) is 0 Å². The van der Waals surface area contributed by atoms with Gasteiger partial charge in [0.15, 0.2) is 0 Å². The van der Waals surface area contributed by atoms with Gasteiger partial charge in [0.05, 0.1) is 0 Å². The van der Waals surface area contributed by atoms with Crippen molar-refractivity contribution in [2.75, 3.05) is 0 Å². The first-order chi connectivity index (χ1) is 5.47. The van der Waals surface area contributed by atoms with Gasteiger partial charge in [-0.2, -0.15) is 8.42 Å². The van der Waals surface area contributed by atoms with Crippen LogP contribution in [-0.2, 0) is 15.9 Å². The molecule has 0 spiro atoms. The summed E-state index contributed by atoms with van der Waals surface area (Å²) in [6, 6.07) is 6.78. The van der Waals surface area contributed by atoms with E-state index >= 15 is 0 Å². The Kier molecular flexibility index (Phi) is 4.91. The van der Waals surface area contributed by atoms with E-state index in [1.165, 1.54) is 0 Å². The van der Waals surface area contributed by atoms with E-state index in [4.69, 9.17) is 4.55 Å². The van der Waals surface area contributed by atoms with Crippen LogP contribution in [-0.4, -0.2) is 13.0 Å². The maximum Gasteiger partial charge on any atom is 0.269 e. The lowest BCUT2D eigenvalue weighted by atomic mass is 10.2. The summed E-state index contributed by atoms with van der Waals surface area (Å²) >= 11 is 3.19. The average Bonchev–Trinajstić information content (AvgIpc) is 1.82. The smallest absolute Gasteiger partial charge is 0.269 e. The molecule has 0 radical (unpaired) electrons. The van der Waals surface area contributed by atoms with Crippen molar-refractivity contribution in [1.29, 1.82) is 0 Å². The third kappa shape index (κ3) is 5.25. The molecule has 0 unspecified atom stereocenters. The first-order valence-electron chi connectivity index (χ1n) is 3.17. The summed E-state index contributed by atoms with van der Waals surface area (Å²) in [7, 11) is -3.91. The zero-order valence-electron chi connectivity index (χ0n) is 6.47. The molecule has 0 aliphatic rings. The fourth-order valence-electron chi connectivity index (χ4n) is 0.837. The first kappa shape index (κ1) is 12.9. The van der Waals surface area contributed by atoms with Crippen LogP contribution >= 0.6 is 28.3 Å². The molecule has 0 saturated carbocycles. The Morgan fingerprint density at radius 2 is 2.00 bits per heavy atom. The van der Waals surface area contributed by atoms with Crippen LogP contribution in [0.2, 0.25) is 0 Å². The van der Waals surface area contributed by atoms with Gasteiger partial charge >= 0.3 is 0 Å². The Bertz CT molecular complexity index is 377. The van der Waals surface area contributed by atoms with Crippen LogP contribution in [0.5, 0.6) is 0 Å². The molecule has 0 heterocycles. The highest BCUT2D eigenvalue weighted by atomic mass is 79.9. The topological polar surface area (TPSA) is 54.4 Å². The molecule has 0 atom stereocenters. The van der Waals surface area contributed by atoms with Crippen molar-refractivity contribution in [3.63, 3.8) is 0 Å². The Hall–Kier alpha value is -0.100. The summed E-state index contributed by atoms with van der Waals surface area (Å²) in [6.07, 6.45) is 0. The van der Waals surface area contributed by atoms with Crippen molar-refractivity contribution in [2.24, 2.45) is 0 Å². The fraction of sp³-hybridized carbons (Fsp3) is 0.143. The fourth-order valence-corrected chi connectivity index (χ4v) is 1.88. The van der Waals surface area contributed by atoms with E-state index in [2.05, 4.69) is 15.9 Å². The van der Waals surface area contributed by atoms with Crippen LogP contribution in [0.25, 0.3) is 0 Å². The van der Waals surface area contributed by atoms with Crippen molar-refractivity contribution in [3.05, 3.63) is 34.3 Å². The summed E-state index contributed by atoms with van der Waals surface area (Å²) in [5.74, 6) is -0.341. The minimum Gasteiger partial charge on any atom is -0.285 e. The lowest BCUT2D eigenvalue weighted by Gasteiger charge is -1.97. The standard InChI is InChI=1S/C7H7BrO3S.ClH/c8-7-3-1-2-6(4-7)5-12(9,10)11;/h1-4H,5H2,(H,9,10,11);1H. The van der Waals surface area contributed by atoms with Crippen LogP contribution in [0.4, 0.5) is 0 Å². The van der Waals surface area contributed by atoms with Gasteiger partial charge in [-0.05, 0) is 17.7 Å². The highest BCUT2D eigenvalue weighted by molar-refractivity contribution is 9.10. The Morgan fingerprint density at radius 1 is 1.38 bits per heavy atom. The predicted octanol–water partition coefficient (Wildman–Crippen LogP) is 2.26. The first-order valence-corrected chi connectivity index (χ1v) is 5.57. The largest absolute Gasteiger partial charge is 0.285 e. The van der Waals surface area contributed by atoms with E-state index in [1.807, 2.05) is 0 Å². The molecule has 1 N–H and O–H groups in total. The van der Waals surface area contributed by atoms with E-state index < -0.39 is 10.1 Å². The molecule has 3 nitrogen and oxygen atoms in total. The van der Waals surface area contributed by atoms with Gasteiger partial charge in [0.25, 0.3) is 10.1 Å². The van der Waals surface area contributed by atoms with Gasteiger partial charge in [-0.1, -0.05) is 28.1 Å². The van der Waals surface area contributed by atoms with Crippen molar-refractivity contribution >= 4 is 38.5 Å². The number of hydrogen-bond donors (Lipinski definition) is 1. The van der Waals surface area contributed by atoms with Gasteiger partial charge in [0.1, 0.15) is 5.75 Å². The Morgan fingerprint density at radius 3 is 2.46 bits per heavy atom. The number of benzene rings is 1. The second-order valence-electron chi connectivity index (χ2n) is 2.36. The van der Waals surface area contributed by atoms with Crippen LogP contribution in [0, 0.1) is 0 Å². The minimum absolute atomic E-state index is 0. The molecule has 1 rings (SSSR count). The highest BCUT2D eigenvalue weighted by Crippen LogP contribution is 2.13. The molecule has 0 bridgehead atoms. The monoisotopic (exact) mass is 286 g/mol. The zero-order valence-corrected chi connectivity index (χ0v) is 9.69.